The van der Waals surface area contributed by atoms with Crippen molar-refractivity contribution in [2.45, 2.75) is 45.6 Å². The van der Waals surface area contributed by atoms with Crippen LogP contribution in [0.4, 0.5) is 0 Å². The molecule has 0 bridgehead atoms. The molecular weight excluding hydrogens is 384 g/mol. The second kappa shape index (κ2) is 9.44. The summed E-state index contributed by atoms with van der Waals surface area (Å²) in [4.78, 5) is 18.9. The Hall–Kier alpha value is -2.98. The molecule has 0 saturated carbocycles. The van der Waals surface area contributed by atoms with E-state index in [1.54, 1.807) is 0 Å². The van der Waals surface area contributed by atoms with Crippen LogP contribution in [-0.2, 0) is 6.54 Å². The minimum Gasteiger partial charge on any atom is -0.457 e. The average molecular weight is 415 g/mol. The maximum atomic E-state index is 11.9. The number of carbonyl (C=O) groups excluding carboxylic acids is 1. The Labute approximate surface area is 184 Å². The summed E-state index contributed by atoms with van der Waals surface area (Å²) in [5.41, 5.74) is 5.35. The first kappa shape index (κ1) is 21.3. The number of aldehydes is 1. The Morgan fingerprint density at radius 3 is 2.77 bits per heavy atom. The van der Waals surface area contributed by atoms with E-state index in [1.165, 1.54) is 5.56 Å². The molecule has 0 aliphatic carbocycles. The Morgan fingerprint density at radius 1 is 1.16 bits per heavy atom. The molecule has 160 valence electrons. The summed E-state index contributed by atoms with van der Waals surface area (Å²) >= 11 is 0. The van der Waals surface area contributed by atoms with Gasteiger partial charge in [0.2, 0.25) is 0 Å². The second-order valence-electron chi connectivity index (χ2n) is 8.69. The van der Waals surface area contributed by atoms with Crippen LogP contribution in [0.3, 0.4) is 0 Å². The predicted molar refractivity (Wildman–Crippen MR) is 124 cm³/mol. The van der Waals surface area contributed by atoms with Gasteiger partial charge in [-0.3, -0.25) is 14.7 Å². The van der Waals surface area contributed by atoms with E-state index in [4.69, 9.17) is 4.74 Å². The van der Waals surface area contributed by atoms with Gasteiger partial charge >= 0.3 is 0 Å². The third-order valence-corrected chi connectivity index (χ3v) is 6.16. The summed E-state index contributed by atoms with van der Waals surface area (Å²) in [6, 6.07) is 18.1. The fraction of sp³-hybridized carbons (Fsp3) is 0.333. The fourth-order valence-corrected chi connectivity index (χ4v) is 4.39. The van der Waals surface area contributed by atoms with E-state index in [9.17, 15) is 4.79 Å². The minimum absolute atomic E-state index is 0.348. The summed E-state index contributed by atoms with van der Waals surface area (Å²) in [6.45, 7) is 9.22. The highest BCUT2D eigenvalue weighted by molar-refractivity contribution is 5.78. The topological polar surface area (TPSA) is 42.4 Å². The van der Waals surface area contributed by atoms with Crippen LogP contribution in [-0.4, -0.2) is 29.3 Å². The number of hydrogen-bond donors (Lipinski definition) is 0. The van der Waals surface area contributed by atoms with Crippen LogP contribution in [0.2, 0.25) is 0 Å². The van der Waals surface area contributed by atoms with Crippen molar-refractivity contribution in [3.8, 4) is 11.5 Å². The summed E-state index contributed by atoms with van der Waals surface area (Å²) in [7, 11) is 0. The van der Waals surface area contributed by atoms with Crippen molar-refractivity contribution < 1.29 is 9.53 Å². The van der Waals surface area contributed by atoms with E-state index in [0.29, 0.717) is 17.6 Å². The van der Waals surface area contributed by atoms with E-state index in [2.05, 4.69) is 48.9 Å². The molecule has 31 heavy (non-hydrogen) atoms. The molecule has 3 aromatic rings. The maximum absolute atomic E-state index is 11.9. The lowest BCUT2D eigenvalue weighted by molar-refractivity contribution is 0.112. The number of hydrogen-bond acceptors (Lipinski definition) is 4. The van der Waals surface area contributed by atoms with Crippen molar-refractivity contribution in [3.63, 3.8) is 0 Å². The highest BCUT2D eigenvalue weighted by atomic mass is 16.5. The number of para-hydroxylation sites is 1. The monoisotopic (exact) mass is 414 g/mol. The molecule has 0 amide bonds. The van der Waals surface area contributed by atoms with Crippen LogP contribution in [0.5, 0.6) is 11.5 Å². The molecule has 4 rings (SSSR count). The lowest BCUT2D eigenvalue weighted by atomic mass is 9.94. The van der Waals surface area contributed by atoms with Gasteiger partial charge in [-0.2, -0.15) is 0 Å². The number of benzene rings is 2. The van der Waals surface area contributed by atoms with Gasteiger partial charge in [-0.05, 0) is 72.7 Å². The smallest absolute Gasteiger partial charge is 0.150 e. The van der Waals surface area contributed by atoms with E-state index >= 15 is 0 Å². The van der Waals surface area contributed by atoms with Gasteiger partial charge in [0.1, 0.15) is 17.8 Å². The van der Waals surface area contributed by atoms with Gasteiger partial charge in [-0.1, -0.05) is 44.2 Å². The van der Waals surface area contributed by atoms with Crippen molar-refractivity contribution >= 4 is 6.29 Å². The first-order valence-electron chi connectivity index (χ1n) is 11.0. The molecule has 2 heterocycles. The predicted octanol–water partition coefficient (Wildman–Crippen LogP) is 6.11. The van der Waals surface area contributed by atoms with E-state index in [1.807, 2.05) is 42.6 Å². The van der Waals surface area contributed by atoms with Crippen molar-refractivity contribution in [2.24, 2.45) is 0 Å². The molecule has 2 aromatic carbocycles. The Balaban J connectivity index is 1.49. The molecule has 0 spiro atoms. The van der Waals surface area contributed by atoms with Crippen molar-refractivity contribution in [2.75, 3.05) is 13.1 Å². The van der Waals surface area contributed by atoms with E-state index in [0.717, 1.165) is 60.5 Å². The minimum atomic E-state index is 0.348. The number of likely N-dealkylation sites (tertiary alicyclic amines) is 1. The second-order valence-corrected chi connectivity index (χ2v) is 8.69. The lowest BCUT2D eigenvalue weighted by Crippen LogP contribution is -2.21. The SMILES string of the molecule is Cc1cccnc1CN1CCC(c2ccc(Oc3ccccc3C(C)C)cc2C=O)C1. The maximum Gasteiger partial charge on any atom is 0.150 e. The van der Waals surface area contributed by atoms with Gasteiger partial charge in [0.25, 0.3) is 0 Å². The summed E-state index contributed by atoms with van der Waals surface area (Å²) in [6.07, 6.45) is 3.86. The van der Waals surface area contributed by atoms with Gasteiger partial charge in [0.15, 0.2) is 0 Å². The molecule has 1 saturated heterocycles. The molecule has 0 N–H and O–H groups in total. The number of ether oxygens (including phenoxy) is 1. The molecule has 0 radical (unpaired) electrons. The van der Waals surface area contributed by atoms with Gasteiger partial charge in [0.05, 0.1) is 5.69 Å². The molecule has 1 aliphatic rings. The van der Waals surface area contributed by atoms with Crippen LogP contribution >= 0.6 is 0 Å². The van der Waals surface area contributed by atoms with Crippen LogP contribution in [0.15, 0.2) is 60.8 Å². The van der Waals surface area contributed by atoms with Gasteiger partial charge in [-0.15, -0.1) is 0 Å². The quantitative estimate of drug-likeness (QED) is 0.438. The van der Waals surface area contributed by atoms with Crippen LogP contribution < -0.4 is 4.74 Å². The van der Waals surface area contributed by atoms with Crippen LogP contribution in [0, 0.1) is 6.92 Å². The summed E-state index contributed by atoms with van der Waals surface area (Å²) in [5.74, 6) is 2.27. The van der Waals surface area contributed by atoms with Crippen LogP contribution in [0.25, 0.3) is 0 Å². The average Bonchev–Trinajstić information content (AvgIpc) is 3.24. The Bertz CT molecular complexity index is 1060. The third kappa shape index (κ3) is 4.86. The molecule has 1 aromatic heterocycles. The number of aromatic nitrogens is 1. The molecule has 1 unspecified atom stereocenters. The highest BCUT2D eigenvalue weighted by Gasteiger charge is 2.26. The molecule has 4 heteroatoms. The third-order valence-electron chi connectivity index (χ3n) is 6.16. The first-order chi connectivity index (χ1) is 15.0. The zero-order chi connectivity index (χ0) is 21.8. The van der Waals surface area contributed by atoms with Crippen molar-refractivity contribution in [3.05, 3.63) is 88.7 Å². The normalized spacial score (nSPS) is 16.6. The summed E-state index contributed by atoms with van der Waals surface area (Å²) < 4.78 is 6.17. The number of nitrogens with zero attached hydrogens (tertiary/aromatic N) is 2. The van der Waals surface area contributed by atoms with E-state index < -0.39 is 0 Å². The molecule has 1 aliphatic heterocycles. The van der Waals surface area contributed by atoms with Gasteiger partial charge in [0, 0.05) is 24.8 Å². The van der Waals surface area contributed by atoms with Crippen molar-refractivity contribution in [1.29, 1.82) is 0 Å². The van der Waals surface area contributed by atoms with Gasteiger partial charge in [-0.25, -0.2) is 0 Å². The number of carbonyl (C=O) groups is 1. The molecule has 4 nitrogen and oxygen atoms in total. The highest BCUT2D eigenvalue weighted by Crippen LogP contribution is 2.34. The molecule has 1 atom stereocenters. The number of pyridine rings is 1. The number of rotatable bonds is 7. The Morgan fingerprint density at radius 2 is 2.00 bits per heavy atom. The summed E-state index contributed by atoms with van der Waals surface area (Å²) in [5, 5.41) is 0. The first-order valence-corrected chi connectivity index (χ1v) is 11.0. The zero-order valence-electron chi connectivity index (χ0n) is 18.5. The number of aryl methyl sites for hydroxylation is 1. The van der Waals surface area contributed by atoms with Gasteiger partial charge < -0.3 is 4.74 Å². The van der Waals surface area contributed by atoms with Crippen molar-refractivity contribution in [1.82, 2.24) is 9.88 Å². The van der Waals surface area contributed by atoms with E-state index in [-0.39, 0.29) is 0 Å². The molecule has 1 fully saturated rings. The fourth-order valence-electron chi connectivity index (χ4n) is 4.39. The largest absolute Gasteiger partial charge is 0.457 e. The van der Waals surface area contributed by atoms with Crippen LogP contribution in [0.1, 0.15) is 64.8 Å². The standard InChI is InChI=1S/C27H30N2O2/c1-19(2)24-8-4-5-9-27(24)31-23-10-11-25(22(15-23)18-30)21-12-14-29(16-21)17-26-20(3)7-6-13-28-26/h4-11,13,15,18-19,21H,12,14,16-17H2,1-3H3. The lowest BCUT2D eigenvalue weighted by Gasteiger charge is -2.18. The molecular formula is C27H30N2O2. The Kier molecular flexibility index (Phi) is 6.47. The zero-order valence-corrected chi connectivity index (χ0v) is 18.5.